The monoisotopic (exact) mass is 396 g/mol. The number of rotatable bonds is 4. The molecule has 0 aromatic heterocycles. The standard InChI is InChI=1S/C14H9ClF4N2O3S/c15-9-3-1-8(2-4-9)13(22)20-10-5-6-12(11(16)7-10)21-25(23,24)14(17,18)19/h1-7,21H,(H,20,22). The van der Waals surface area contributed by atoms with E-state index in [-0.39, 0.29) is 11.3 Å². The third-order valence-electron chi connectivity index (χ3n) is 2.88. The quantitative estimate of drug-likeness (QED) is 0.767. The zero-order valence-electron chi connectivity index (χ0n) is 12.1. The first kappa shape index (κ1) is 19.0. The fourth-order valence-electron chi connectivity index (χ4n) is 1.68. The second-order valence-electron chi connectivity index (χ2n) is 4.71. The number of hydrogen-bond acceptors (Lipinski definition) is 3. The summed E-state index contributed by atoms with van der Waals surface area (Å²) in [5.41, 5.74) is -6.35. The van der Waals surface area contributed by atoms with Crippen LogP contribution in [0.1, 0.15) is 10.4 Å². The lowest BCUT2D eigenvalue weighted by atomic mass is 10.2. The fourth-order valence-corrected chi connectivity index (χ4v) is 2.38. The van der Waals surface area contributed by atoms with Gasteiger partial charge < -0.3 is 5.32 Å². The highest BCUT2D eigenvalue weighted by Gasteiger charge is 2.46. The Kier molecular flexibility index (Phi) is 5.23. The van der Waals surface area contributed by atoms with Gasteiger partial charge in [-0.1, -0.05) is 11.6 Å². The highest BCUT2D eigenvalue weighted by Crippen LogP contribution is 2.27. The number of amides is 1. The zero-order chi connectivity index (χ0) is 18.8. The van der Waals surface area contributed by atoms with E-state index in [1.165, 1.54) is 24.3 Å². The van der Waals surface area contributed by atoms with Crippen molar-refractivity contribution in [3.63, 3.8) is 0 Å². The van der Waals surface area contributed by atoms with E-state index in [4.69, 9.17) is 11.6 Å². The Morgan fingerprint density at radius 1 is 1.04 bits per heavy atom. The van der Waals surface area contributed by atoms with Crippen LogP contribution in [0.25, 0.3) is 0 Å². The van der Waals surface area contributed by atoms with Gasteiger partial charge in [0.05, 0.1) is 5.69 Å². The molecule has 11 heteroatoms. The van der Waals surface area contributed by atoms with Gasteiger partial charge in [0.2, 0.25) is 0 Å². The number of benzene rings is 2. The predicted octanol–water partition coefficient (Wildman–Crippen LogP) is 3.99. The fraction of sp³-hybridized carbons (Fsp3) is 0.0714. The lowest BCUT2D eigenvalue weighted by Crippen LogP contribution is -2.30. The van der Waals surface area contributed by atoms with Crippen LogP contribution in [0.2, 0.25) is 5.02 Å². The van der Waals surface area contributed by atoms with Crippen LogP contribution in [-0.2, 0) is 10.0 Å². The molecule has 2 N–H and O–H groups in total. The molecule has 2 aromatic carbocycles. The van der Waals surface area contributed by atoms with Crippen molar-refractivity contribution in [3.05, 3.63) is 58.9 Å². The summed E-state index contributed by atoms with van der Waals surface area (Å²) in [5, 5.41) is 2.72. The van der Waals surface area contributed by atoms with Crippen molar-refractivity contribution >= 4 is 38.9 Å². The van der Waals surface area contributed by atoms with E-state index < -0.39 is 32.9 Å². The first-order valence-corrected chi connectivity index (χ1v) is 8.31. The number of hydrogen-bond donors (Lipinski definition) is 2. The van der Waals surface area contributed by atoms with Crippen molar-refractivity contribution in [2.24, 2.45) is 0 Å². The molecule has 0 bridgehead atoms. The Morgan fingerprint density at radius 2 is 1.64 bits per heavy atom. The van der Waals surface area contributed by atoms with Gasteiger partial charge in [-0.2, -0.15) is 21.6 Å². The molecular weight excluding hydrogens is 388 g/mol. The zero-order valence-corrected chi connectivity index (χ0v) is 13.6. The van der Waals surface area contributed by atoms with Gasteiger partial charge in [0.15, 0.2) is 0 Å². The highest BCUT2D eigenvalue weighted by molar-refractivity contribution is 7.93. The maximum absolute atomic E-state index is 13.8. The third kappa shape index (κ3) is 4.60. The second-order valence-corrected chi connectivity index (χ2v) is 6.82. The molecule has 134 valence electrons. The van der Waals surface area contributed by atoms with Crippen molar-refractivity contribution < 1.29 is 30.8 Å². The molecule has 0 saturated heterocycles. The predicted molar refractivity (Wildman–Crippen MR) is 84.4 cm³/mol. The summed E-state index contributed by atoms with van der Waals surface area (Å²) in [6.45, 7) is 0. The van der Waals surface area contributed by atoms with Gasteiger partial charge in [-0.25, -0.2) is 4.39 Å². The van der Waals surface area contributed by atoms with E-state index in [2.05, 4.69) is 5.32 Å². The molecule has 1 amide bonds. The molecule has 0 aliphatic rings. The van der Waals surface area contributed by atoms with Gasteiger partial charge in [0.25, 0.3) is 5.91 Å². The normalized spacial score (nSPS) is 11.9. The van der Waals surface area contributed by atoms with Crippen LogP contribution in [0.15, 0.2) is 42.5 Å². The molecule has 2 aromatic rings. The Balaban J connectivity index is 2.17. The minimum absolute atomic E-state index is 0.0765. The maximum Gasteiger partial charge on any atom is 0.516 e. The minimum Gasteiger partial charge on any atom is -0.322 e. The van der Waals surface area contributed by atoms with E-state index >= 15 is 0 Å². The summed E-state index contributed by atoms with van der Waals surface area (Å²) in [4.78, 5) is 11.9. The van der Waals surface area contributed by atoms with Crippen LogP contribution in [0, 0.1) is 5.82 Å². The number of carbonyl (C=O) groups excluding carboxylic acids is 1. The van der Waals surface area contributed by atoms with Crippen LogP contribution >= 0.6 is 11.6 Å². The van der Waals surface area contributed by atoms with Crippen molar-refractivity contribution in [2.45, 2.75) is 5.51 Å². The molecule has 0 atom stereocenters. The lowest BCUT2D eigenvalue weighted by molar-refractivity contribution is -0.0429. The summed E-state index contributed by atoms with van der Waals surface area (Å²) in [6.07, 6.45) is 0. The average molecular weight is 397 g/mol. The van der Waals surface area contributed by atoms with Gasteiger partial charge in [0.1, 0.15) is 5.82 Å². The number of sulfonamides is 1. The molecule has 0 radical (unpaired) electrons. The Hall–Kier alpha value is -2.33. The molecule has 0 aliphatic heterocycles. The van der Waals surface area contributed by atoms with E-state index in [1.54, 1.807) is 0 Å². The summed E-state index contributed by atoms with van der Waals surface area (Å²) < 4.78 is 73.7. The Bertz CT molecular complexity index is 899. The van der Waals surface area contributed by atoms with Crippen molar-refractivity contribution in [3.8, 4) is 0 Å². The Labute approximate surface area is 144 Å². The van der Waals surface area contributed by atoms with Crippen molar-refractivity contribution in [2.75, 3.05) is 10.0 Å². The van der Waals surface area contributed by atoms with Gasteiger partial charge in [-0.15, -0.1) is 0 Å². The topological polar surface area (TPSA) is 75.3 Å². The van der Waals surface area contributed by atoms with Gasteiger partial charge >= 0.3 is 15.5 Å². The molecular formula is C14H9ClF4N2O3S. The molecule has 0 fully saturated rings. The van der Waals surface area contributed by atoms with E-state index in [0.717, 1.165) is 16.9 Å². The van der Waals surface area contributed by atoms with Crippen LogP contribution in [0.4, 0.5) is 28.9 Å². The van der Waals surface area contributed by atoms with Gasteiger partial charge in [-0.05, 0) is 42.5 Å². The molecule has 25 heavy (non-hydrogen) atoms. The number of nitrogens with one attached hydrogen (secondary N) is 2. The summed E-state index contributed by atoms with van der Waals surface area (Å²) >= 11 is 5.68. The second kappa shape index (κ2) is 6.89. The number of carbonyl (C=O) groups is 1. The SMILES string of the molecule is O=C(Nc1ccc(NS(=O)(=O)C(F)(F)F)c(F)c1)c1ccc(Cl)cc1. The summed E-state index contributed by atoms with van der Waals surface area (Å²) in [7, 11) is -5.75. The summed E-state index contributed by atoms with van der Waals surface area (Å²) in [6, 6.07) is 8.25. The molecule has 0 aliphatic carbocycles. The lowest BCUT2D eigenvalue weighted by Gasteiger charge is -2.12. The molecule has 0 heterocycles. The minimum atomic E-state index is -5.75. The van der Waals surface area contributed by atoms with E-state index in [0.29, 0.717) is 11.1 Å². The first-order valence-electron chi connectivity index (χ1n) is 6.45. The smallest absolute Gasteiger partial charge is 0.322 e. The largest absolute Gasteiger partial charge is 0.516 e. The Morgan fingerprint density at radius 3 is 2.16 bits per heavy atom. The third-order valence-corrected chi connectivity index (χ3v) is 4.23. The van der Waals surface area contributed by atoms with Crippen LogP contribution < -0.4 is 10.0 Å². The van der Waals surface area contributed by atoms with E-state index in [9.17, 15) is 30.8 Å². The molecule has 0 saturated carbocycles. The van der Waals surface area contributed by atoms with E-state index in [1.807, 2.05) is 0 Å². The van der Waals surface area contributed by atoms with Crippen molar-refractivity contribution in [1.29, 1.82) is 0 Å². The van der Waals surface area contributed by atoms with Crippen LogP contribution in [0.3, 0.4) is 0 Å². The molecule has 0 unspecified atom stereocenters. The molecule has 5 nitrogen and oxygen atoms in total. The summed E-state index contributed by atoms with van der Waals surface area (Å²) in [5.74, 6) is -1.90. The molecule has 0 spiro atoms. The highest BCUT2D eigenvalue weighted by atomic mass is 35.5. The number of alkyl halides is 3. The first-order chi connectivity index (χ1) is 11.5. The van der Waals surface area contributed by atoms with Crippen molar-refractivity contribution in [1.82, 2.24) is 0 Å². The number of anilines is 2. The number of halogens is 5. The average Bonchev–Trinajstić information content (AvgIpc) is 2.49. The molecule has 2 rings (SSSR count). The van der Waals surface area contributed by atoms with Crippen LogP contribution in [-0.4, -0.2) is 19.8 Å². The van der Waals surface area contributed by atoms with Gasteiger partial charge in [0, 0.05) is 16.3 Å². The maximum atomic E-state index is 13.8. The van der Waals surface area contributed by atoms with Gasteiger partial charge in [-0.3, -0.25) is 9.52 Å². The van der Waals surface area contributed by atoms with Crippen LogP contribution in [0.5, 0.6) is 0 Å².